The average Bonchev–Trinajstić information content (AvgIpc) is 3.30. The summed E-state index contributed by atoms with van der Waals surface area (Å²) in [4.78, 5) is 12.1. The molecule has 0 radical (unpaired) electrons. The van der Waals surface area contributed by atoms with E-state index in [1.807, 2.05) is 25.1 Å². The van der Waals surface area contributed by atoms with Gasteiger partial charge in [-0.2, -0.15) is 0 Å². The van der Waals surface area contributed by atoms with Gasteiger partial charge in [0, 0.05) is 6.54 Å². The topological polar surface area (TPSA) is 64.3 Å². The van der Waals surface area contributed by atoms with Crippen LogP contribution in [0.15, 0.2) is 24.3 Å². The van der Waals surface area contributed by atoms with Gasteiger partial charge < -0.3 is 15.8 Å². The maximum absolute atomic E-state index is 12.1. The molecular formula is C17H27ClN2O2. The summed E-state index contributed by atoms with van der Waals surface area (Å²) in [7, 11) is 0. The number of hydrogen-bond acceptors (Lipinski definition) is 3. The highest BCUT2D eigenvalue weighted by atomic mass is 35.5. The zero-order valence-corrected chi connectivity index (χ0v) is 14.4. The molecule has 124 valence electrons. The Morgan fingerprint density at radius 1 is 1.45 bits per heavy atom. The third-order valence-electron chi connectivity index (χ3n) is 4.22. The second-order valence-corrected chi connectivity index (χ2v) is 6.46. The average molecular weight is 327 g/mol. The fourth-order valence-corrected chi connectivity index (χ4v) is 2.51. The first-order valence-corrected chi connectivity index (χ1v) is 7.68. The molecule has 5 heteroatoms. The molecule has 1 aliphatic carbocycles. The van der Waals surface area contributed by atoms with Crippen LogP contribution in [0.2, 0.25) is 0 Å². The Morgan fingerprint density at radius 2 is 2.14 bits per heavy atom. The normalized spacial score (nSPS) is 16.6. The maximum Gasteiger partial charge on any atom is 0.258 e. The minimum atomic E-state index is -0.291. The summed E-state index contributed by atoms with van der Waals surface area (Å²) in [6.07, 6.45) is 2.29. The van der Waals surface area contributed by atoms with Crippen LogP contribution in [-0.2, 0) is 4.79 Å². The number of rotatable bonds is 7. The molecule has 0 bridgehead atoms. The summed E-state index contributed by atoms with van der Waals surface area (Å²) in [5, 5.41) is 3.02. The molecule has 0 aromatic heterocycles. The molecule has 2 rings (SSSR count). The van der Waals surface area contributed by atoms with Crippen molar-refractivity contribution in [3.8, 4) is 5.75 Å². The minimum Gasteiger partial charge on any atom is -0.484 e. The van der Waals surface area contributed by atoms with Gasteiger partial charge in [-0.1, -0.05) is 26.0 Å². The largest absolute Gasteiger partial charge is 0.484 e. The molecule has 1 atom stereocenters. The summed E-state index contributed by atoms with van der Waals surface area (Å²) in [5.41, 5.74) is 6.72. The number of nitrogens with one attached hydrogen (secondary N) is 1. The second-order valence-electron chi connectivity index (χ2n) is 6.46. The fourth-order valence-electron chi connectivity index (χ4n) is 2.51. The van der Waals surface area contributed by atoms with Gasteiger partial charge in [-0.25, -0.2) is 0 Å². The number of ether oxygens (including phenoxy) is 1. The van der Waals surface area contributed by atoms with Gasteiger partial charge in [0.25, 0.3) is 5.91 Å². The molecule has 3 N–H and O–H groups in total. The molecule has 1 aliphatic rings. The van der Waals surface area contributed by atoms with E-state index in [0.29, 0.717) is 18.4 Å². The summed E-state index contributed by atoms with van der Waals surface area (Å²) in [5.74, 6) is 1.58. The summed E-state index contributed by atoms with van der Waals surface area (Å²) >= 11 is 0. The van der Waals surface area contributed by atoms with Crippen molar-refractivity contribution in [2.45, 2.75) is 45.1 Å². The van der Waals surface area contributed by atoms with Gasteiger partial charge in [0.2, 0.25) is 0 Å². The number of benzene rings is 1. The van der Waals surface area contributed by atoms with Crippen molar-refractivity contribution in [3.05, 3.63) is 29.8 Å². The summed E-state index contributed by atoms with van der Waals surface area (Å²) in [6.45, 7) is 6.78. The molecular weight excluding hydrogens is 300 g/mol. The first kappa shape index (κ1) is 18.8. The lowest BCUT2D eigenvalue weighted by Crippen LogP contribution is -2.54. The lowest BCUT2D eigenvalue weighted by atomic mass is 9.96. The molecule has 4 nitrogen and oxygen atoms in total. The first-order valence-electron chi connectivity index (χ1n) is 7.68. The number of halogens is 1. The zero-order chi connectivity index (χ0) is 15.5. The lowest BCUT2D eigenvalue weighted by Gasteiger charge is -2.29. The Hall–Kier alpha value is -1.26. The highest BCUT2D eigenvalue weighted by Gasteiger charge is 2.41. The van der Waals surface area contributed by atoms with Crippen LogP contribution in [-0.4, -0.2) is 24.6 Å². The van der Waals surface area contributed by atoms with Crippen molar-refractivity contribution in [2.75, 3.05) is 13.2 Å². The maximum atomic E-state index is 12.1. The third-order valence-corrected chi connectivity index (χ3v) is 4.22. The van der Waals surface area contributed by atoms with Crippen LogP contribution in [0.4, 0.5) is 0 Å². The van der Waals surface area contributed by atoms with Gasteiger partial charge in [0.1, 0.15) is 5.75 Å². The van der Waals surface area contributed by atoms with Crippen molar-refractivity contribution >= 4 is 18.3 Å². The second kappa shape index (κ2) is 7.84. The standard InChI is InChI=1S/C17H26N2O2.ClH/c1-12(2)13-5-4-6-15(9-13)21-10-16(20)19-17(3,11-18)14-7-8-14;/h4-6,9,12,14H,7-8,10-11,18H2,1-3H3,(H,19,20);1H. The van der Waals surface area contributed by atoms with E-state index in [2.05, 4.69) is 25.2 Å². The molecule has 1 saturated carbocycles. The van der Waals surface area contributed by atoms with Crippen molar-refractivity contribution in [1.29, 1.82) is 0 Å². The predicted octanol–water partition coefficient (Wildman–Crippen LogP) is 2.85. The van der Waals surface area contributed by atoms with Gasteiger partial charge in [0.15, 0.2) is 6.61 Å². The SMILES string of the molecule is CC(C)c1cccc(OCC(=O)NC(C)(CN)C2CC2)c1.Cl. The van der Waals surface area contributed by atoms with Gasteiger partial charge in [-0.15, -0.1) is 12.4 Å². The summed E-state index contributed by atoms with van der Waals surface area (Å²) < 4.78 is 5.60. The quantitative estimate of drug-likeness (QED) is 0.809. The van der Waals surface area contributed by atoms with Crippen molar-refractivity contribution in [3.63, 3.8) is 0 Å². The Kier molecular flexibility index (Phi) is 6.69. The van der Waals surface area contributed by atoms with Crippen molar-refractivity contribution < 1.29 is 9.53 Å². The summed E-state index contributed by atoms with van der Waals surface area (Å²) in [6, 6.07) is 7.89. The molecule has 1 fully saturated rings. The Labute approximate surface area is 139 Å². The number of carbonyl (C=O) groups is 1. The van der Waals surface area contributed by atoms with E-state index >= 15 is 0 Å². The molecule has 1 aromatic carbocycles. The smallest absolute Gasteiger partial charge is 0.258 e. The van der Waals surface area contributed by atoms with E-state index in [1.54, 1.807) is 0 Å². The number of hydrogen-bond donors (Lipinski definition) is 2. The van der Waals surface area contributed by atoms with E-state index < -0.39 is 0 Å². The van der Waals surface area contributed by atoms with Crippen LogP contribution in [0.25, 0.3) is 0 Å². The van der Waals surface area contributed by atoms with Gasteiger partial charge in [0.05, 0.1) is 5.54 Å². The van der Waals surface area contributed by atoms with Crippen LogP contribution in [0.5, 0.6) is 5.75 Å². The van der Waals surface area contributed by atoms with Gasteiger partial charge in [-0.05, 0) is 49.3 Å². The highest BCUT2D eigenvalue weighted by molar-refractivity contribution is 5.85. The lowest BCUT2D eigenvalue weighted by molar-refractivity contribution is -0.125. The van der Waals surface area contributed by atoms with Crippen LogP contribution >= 0.6 is 12.4 Å². The van der Waals surface area contributed by atoms with Crippen LogP contribution < -0.4 is 15.8 Å². The van der Waals surface area contributed by atoms with E-state index in [-0.39, 0.29) is 30.5 Å². The molecule has 1 aromatic rings. The predicted molar refractivity (Wildman–Crippen MR) is 91.6 cm³/mol. The Bertz CT molecular complexity index is 503. The zero-order valence-electron chi connectivity index (χ0n) is 13.6. The number of nitrogens with two attached hydrogens (primary N) is 1. The molecule has 1 unspecified atom stereocenters. The van der Waals surface area contributed by atoms with Crippen LogP contribution in [0.3, 0.4) is 0 Å². The minimum absolute atomic E-state index is 0. The first-order chi connectivity index (χ1) is 9.94. The van der Waals surface area contributed by atoms with Crippen molar-refractivity contribution in [1.82, 2.24) is 5.32 Å². The third kappa shape index (κ3) is 4.89. The molecule has 0 heterocycles. The van der Waals surface area contributed by atoms with Crippen LogP contribution in [0.1, 0.15) is 45.1 Å². The number of carbonyl (C=O) groups excluding carboxylic acids is 1. The highest BCUT2D eigenvalue weighted by Crippen LogP contribution is 2.38. The van der Waals surface area contributed by atoms with Gasteiger partial charge >= 0.3 is 0 Å². The van der Waals surface area contributed by atoms with E-state index in [1.165, 1.54) is 5.56 Å². The Balaban J connectivity index is 0.00000242. The number of amides is 1. The van der Waals surface area contributed by atoms with Gasteiger partial charge in [-0.3, -0.25) is 4.79 Å². The molecule has 1 amide bonds. The van der Waals surface area contributed by atoms with E-state index in [9.17, 15) is 4.79 Å². The molecule has 0 saturated heterocycles. The van der Waals surface area contributed by atoms with E-state index in [4.69, 9.17) is 10.5 Å². The van der Waals surface area contributed by atoms with E-state index in [0.717, 1.165) is 18.6 Å². The molecule has 0 spiro atoms. The molecule has 0 aliphatic heterocycles. The monoisotopic (exact) mass is 326 g/mol. The molecule has 22 heavy (non-hydrogen) atoms. The fraction of sp³-hybridized carbons (Fsp3) is 0.588. The Morgan fingerprint density at radius 3 is 2.68 bits per heavy atom. The van der Waals surface area contributed by atoms with Crippen LogP contribution in [0, 0.1) is 5.92 Å². The van der Waals surface area contributed by atoms with Crippen molar-refractivity contribution in [2.24, 2.45) is 11.7 Å².